The van der Waals surface area contributed by atoms with Gasteiger partial charge in [0.2, 0.25) is 5.91 Å². The summed E-state index contributed by atoms with van der Waals surface area (Å²) in [6.07, 6.45) is 0. The van der Waals surface area contributed by atoms with Gasteiger partial charge in [-0.2, -0.15) is 0 Å². The zero-order valence-electron chi connectivity index (χ0n) is 10.6. The summed E-state index contributed by atoms with van der Waals surface area (Å²) in [6, 6.07) is 7.64. The van der Waals surface area contributed by atoms with E-state index in [1.54, 1.807) is 0 Å². The first-order valence-corrected chi connectivity index (χ1v) is 8.11. The van der Waals surface area contributed by atoms with Crippen LogP contribution in [0.5, 0.6) is 0 Å². The van der Waals surface area contributed by atoms with E-state index in [1.807, 2.05) is 38.1 Å². The molecule has 1 amide bonds. The van der Waals surface area contributed by atoms with Gasteiger partial charge >= 0.3 is 0 Å². The summed E-state index contributed by atoms with van der Waals surface area (Å²) < 4.78 is 12.8. The average Bonchev–Trinajstić information content (AvgIpc) is 2.29. The number of carbonyl (C=O) groups excluding carboxylic acids is 1. The van der Waals surface area contributed by atoms with Gasteiger partial charge in [0.25, 0.3) is 0 Å². The zero-order chi connectivity index (χ0) is 13.5. The lowest BCUT2D eigenvalue weighted by atomic mass is 10.2. The van der Waals surface area contributed by atoms with Crippen LogP contribution in [0.2, 0.25) is 0 Å². The van der Waals surface area contributed by atoms with Crippen LogP contribution in [0.15, 0.2) is 28.7 Å². The van der Waals surface area contributed by atoms with Crippen molar-refractivity contribution in [3.05, 3.63) is 34.3 Å². The van der Waals surface area contributed by atoms with Crippen molar-refractivity contribution in [2.75, 3.05) is 12.3 Å². The molecule has 0 saturated heterocycles. The predicted octanol–water partition coefficient (Wildman–Crippen LogP) is 2.47. The lowest BCUT2D eigenvalue weighted by molar-refractivity contribution is -0.118. The molecule has 1 N–H and O–H groups in total. The third kappa shape index (κ3) is 6.31. The second kappa shape index (κ2) is 7.69. The Labute approximate surface area is 119 Å². The van der Waals surface area contributed by atoms with E-state index in [0.717, 1.165) is 10.0 Å². The van der Waals surface area contributed by atoms with Gasteiger partial charge < -0.3 is 5.32 Å². The van der Waals surface area contributed by atoms with Gasteiger partial charge in [0, 0.05) is 27.6 Å². The molecule has 3 nitrogen and oxygen atoms in total. The third-order valence-electron chi connectivity index (χ3n) is 2.24. The summed E-state index contributed by atoms with van der Waals surface area (Å²) in [7, 11) is -1.15. The van der Waals surface area contributed by atoms with E-state index in [1.165, 1.54) is 0 Å². The van der Waals surface area contributed by atoms with E-state index in [-0.39, 0.29) is 11.7 Å². The Morgan fingerprint density at radius 1 is 1.33 bits per heavy atom. The van der Waals surface area contributed by atoms with Gasteiger partial charge in [0.15, 0.2) is 0 Å². The molecule has 18 heavy (non-hydrogen) atoms. The molecule has 0 aliphatic heterocycles. The number of amides is 1. The second-order valence-electron chi connectivity index (χ2n) is 4.55. The van der Waals surface area contributed by atoms with Crippen molar-refractivity contribution >= 4 is 32.6 Å². The summed E-state index contributed by atoms with van der Waals surface area (Å²) in [4.78, 5) is 11.5. The molecular formula is C13H18BrNO2S. The summed E-state index contributed by atoms with van der Waals surface area (Å²) in [5.41, 5.74) is 0.980. The zero-order valence-corrected chi connectivity index (χ0v) is 13.0. The quantitative estimate of drug-likeness (QED) is 0.870. The van der Waals surface area contributed by atoms with E-state index in [9.17, 15) is 9.00 Å². The molecule has 0 bridgehead atoms. The Bertz CT molecular complexity index is 418. The third-order valence-corrected chi connectivity index (χ3v) is 4.01. The molecule has 1 rings (SSSR count). The molecule has 100 valence electrons. The molecule has 0 fully saturated rings. The van der Waals surface area contributed by atoms with E-state index in [2.05, 4.69) is 21.2 Å². The number of benzene rings is 1. The van der Waals surface area contributed by atoms with Crippen LogP contribution in [0.4, 0.5) is 0 Å². The maximum absolute atomic E-state index is 11.8. The number of hydrogen-bond donors (Lipinski definition) is 1. The van der Waals surface area contributed by atoms with Crippen LogP contribution in [0.1, 0.15) is 19.4 Å². The Morgan fingerprint density at radius 3 is 2.50 bits per heavy atom. The number of carbonyl (C=O) groups is 1. The summed E-state index contributed by atoms with van der Waals surface area (Å²) in [5.74, 6) is 0.763. The topological polar surface area (TPSA) is 46.2 Å². The molecule has 1 atom stereocenters. The van der Waals surface area contributed by atoms with Gasteiger partial charge in [-0.15, -0.1) is 0 Å². The first kappa shape index (κ1) is 15.4. The van der Waals surface area contributed by atoms with E-state index < -0.39 is 10.8 Å². The highest BCUT2D eigenvalue weighted by atomic mass is 79.9. The van der Waals surface area contributed by atoms with Crippen molar-refractivity contribution in [3.63, 3.8) is 0 Å². The largest absolute Gasteiger partial charge is 0.355 e. The summed E-state index contributed by atoms with van der Waals surface area (Å²) in [5, 5.41) is 2.77. The second-order valence-corrected chi connectivity index (χ2v) is 6.93. The number of nitrogens with one attached hydrogen (secondary N) is 1. The van der Waals surface area contributed by atoms with Crippen molar-refractivity contribution in [1.29, 1.82) is 0 Å². The Balaban J connectivity index is 2.37. The SMILES string of the molecule is CC(C)CNC(=O)C[S@](=O)Cc1ccc(Br)cc1. The van der Waals surface area contributed by atoms with Crippen molar-refractivity contribution in [1.82, 2.24) is 5.32 Å². The van der Waals surface area contributed by atoms with Crippen LogP contribution in [0, 0.1) is 5.92 Å². The van der Waals surface area contributed by atoms with Crippen molar-refractivity contribution in [2.45, 2.75) is 19.6 Å². The number of halogens is 1. The summed E-state index contributed by atoms with van der Waals surface area (Å²) >= 11 is 3.35. The minimum absolute atomic E-state index is 0.0722. The molecule has 0 saturated carbocycles. The normalized spacial score (nSPS) is 12.4. The summed E-state index contributed by atoms with van der Waals surface area (Å²) in [6.45, 7) is 4.69. The first-order valence-electron chi connectivity index (χ1n) is 5.83. The number of rotatable bonds is 6. The Hall–Kier alpha value is -0.680. The maximum atomic E-state index is 11.8. The van der Waals surface area contributed by atoms with Gasteiger partial charge in [-0.3, -0.25) is 9.00 Å². The fourth-order valence-corrected chi connectivity index (χ4v) is 2.66. The van der Waals surface area contributed by atoms with Crippen LogP contribution >= 0.6 is 15.9 Å². The standard InChI is InChI=1S/C13H18BrNO2S/c1-10(2)7-15-13(16)9-18(17)8-11-3-5-12(14)6-4-11/h3-6,10H,7-9H2,1-2H3,(H,15,16)/t18-/m1/s1. The van der Waals surface area contributed by atoms with Crippen molar-refractivity contribution in [2.24, 2.45) is 5.92 Å². The van der Waals surface area contributed by atoms with Crippen molar-refractivity contribution < 1.29 is 9.00 Å². The van der Waals surface area contributed by atoms with Gasteiger partial charge in [-0.1, -0.05) is 41.9 Å². The average molecular weight is 332 g/mol. The lowest BCUT2D eigenvalue weighted by Crippen LogP contribution is -2.31. The molecule has 0 aromatic heterocycles. The molecule has 0 heterocycles. The fraction of sp³-hybridized carbons (Fsp3) is 0.462. The highest BCUT2D eigenvalue weighted by molar-refractivity contribution is 9.10. The predicted molar refractivity (Wildman–Crippen MR) is 78.7 cm³/mol. The lowest BCUT2D eigenvalue weighted by Gasteiger charge is -2.07. The molecule has 5 heteroatoms. The Morgan fingerprint density at radius 2 is 1.94 bits per heavy atom. The molecule has 0 unspecified atom stereocenters. The van der Waals surface area contributed by atoms with Crippen LogP contribution < -0.4 is 5.32 Å². The van der Waals surface area contributed by atoms with E-state index in [0.29, 0.717) is 18.2 Å². The Kier molecular flexibility index (Phi) is 6.57. The highest BCUT2D eigenvalue weighted by Gasteiger charge is 2.08. The highest BCUT2D eigenvalue weighted by Crippen LogP contribution is 2.11. The van der Waals surface area contributed by atoms with Gasteiger partial charge in [-0.05, 0) is 23.6 Å². The molecule has 0 aliphatic carbocycles. The molecular weight excluding hydrogens is 314 g/mol. The molecule has 0 radical (unpaired) electrons. The van der Waals surface area contributed by atoms with Crippen LogP contribution in [0.3, 0.4) is 0 Å². The van der Waals surface area contributed by atoms with Crippen LogP contribution in [-0.2, 0) is 21.3 Å². The minimum atomic E-state index is -1.15. The monoisotopic (exact) mass is 331 g/mol. The van der Waals surface area contributed by atoms with E-state index >= 15 is 0 Å². The van der Waals surface area contributed by atoms with Gasteiger partial charge in [0.05, 0.1) is 0 Å². The van der Waals surface area contributed by atoms with Gasteiger partial charge in [-0.25, -0.2) is 0 Å². The van der Waals surface area contributed by atoms with Crippen LogP contribution in [-0.4, -0.2) is 22.4 Å². The fourth-order valence-electron chi connectivity index (χ4n) is 1.33. The smallest absolute Gasteiger partial charge is 0.232 e. The molecule has 0 aliphatic rings. The van der Waals surface area contributed by atoms with E-state index in [4.69, 9.17) is 0 Å². The number of hydrogen-bond acceptors (Lipinski definition) is 2. The van der Waals surface area contributed by atoms with Crippen molar-refractivity contribution in [3.8, 4) is 0 Å². The van der Waals surface area contributed by atoms with Gasteiger partial charge in [0.1, 0.15) is 5.75 Å². The first-order chi connectivity index (χ1) is 8.47. The van der Waals surface area contributed by atoms with Crippen LogP contribution in [0.25, 0.3) is 0 Å². The molecule has 1 aromatic carbocycles. The molecule has 1 aromatic rings. The minimum Gasteiger partial charge on any atom is -0.355 e. The maximum Gasteiger partial charge on any atom is 0.232 e. The molecule has 0 spiro atoms.